The van der Waals surface area contributed by atoms with Gasteiger partial charge in [-0.25, -0.2) is 18.1 Å². The van der Waals surface area contributed by atoms with E-state index in [9.17, 15) is 8.42 Å². The van der Waals surface area contributed by atoms with E-state index >= 15 is 0 Å². The second-order valence-electron chi connectivity index (χ2n) is 7.01. The fourth-order valence-electron chi connectivity index (χ4n) is 3.04. The molecule has 1 saturated carbocycles. The third-order valence-corrected chi connectivity index (χ3v) is 6.43. The van der Waals surface area contributed by atoms with E-state index in [0.29, 0.717) is 25.7 Å². The van der Waals surface area contributed by atoms with Crippen molar-refractivity contribution in [3.63, 3.8) is 0 Å². The maximum Gasteiger partial charge on any atom is 0.240 e. The Morgan fingerprint density at radius 3 is 2.54 bits per heavy atom. The lowest BCUT2D eigenvalue weighted by Gasteiger charge is -2.25. The fraction of sp³-hybridized carbons (Fsp3) is 0.611. The van der Waals surface area contributed by atoms with E-state index in [-0.39, 0.29) is 11.0 Å². The summed E-state index contributed by atoms with van der Waals surface area (Å²) >= 11 is 0. The van der Waals surface area contributed by atoms with Gasteiger partial charge in [-0.2, -0.15) is 0 Å². The van der Waals surface area contributed by atoms with Crippen LogP contribution >= 0.6 is 0 Å². The van der Waals surface area contributed by atoms with Gasteiger partial charge in [0.2, 0.25) is 10.0 Å². The van der Waals surface area contributed by atoms with Gasteiger partial charge in [0.25, 0.3) is 0 Å². The van der Waals surface area contributed by atoms with Crippen molar-refractivity contribution in [3.8, 4) is 0 Å². The minimum atomic E-state index is -3.51. The molecule has 0 amide bonds. The molecule has 0 radical (unpaired) electrons. The third kappa shape index (κ3) is 5.43. The molecule has 1 aromatic carbocycles. The molecule has 1 aromatic rings. The lowest BCUT2D eigenvalue weighted by atomic mass is 9.85. The van der Waals surface area contributed by atoms with Crippen molar-refractivity contribution in [3.05, 3.63) is 29.8 Å². The van der Waals surface area contributed by atoms with Gasteiger partial charge in [0.15, 0.2) is 5.96 Å². The standard InChI is InChI=1S/C18H28N4O3S/c19-18(20-11-14-3-1-4-14)21-12-15-6-8-17(9-7-15)26(23,24)22-13-16-5-2-10-25-16/h6-9,14,16,22H,1-5,10-13H2,(H3,19,20,21). The molecule has 4 N–H and O–H groups in total. The highest BCUT2D eigenvalue weighted by molar-refractivity contribution is 7.89. The second kappa shape index (κ2) is 8.83. The monoisotopic (exact) mass is 380 g/mol. The van der Waals surface area contributed by atoms with Crippen LogP contribution < -0.4 is 15.8 Å². The summed E-state index contributed by atoms with van der Waals surface area (Å²) in [5, 5.41) is 3.14. The number of nitrogens with two attached hydrogens (primary N) is 1. The van der Waals surface area contributed by atoms with E-state index in [0.717, 1.165) is 30.9 Å². The molecule has 3 rings (SSSR count). The zero-order chi connectivity index (χ0) is 18.4. The van der Waals surface area contributed by atoms with Gasteiger partial charge in [-0.3, -0.25) is 0 Å². The highest BCUT2D eigenvalue weighted by atomic mass is 32.2. The maximum absolute atomic E-state index is 12.3. The zero-order valence-corrected chi connectivity index (χ0v) is 15.8. The Morgan fingerprint density at radius 2 is 1.92 bits per heavy atom. The fourth-order valence-corrected chi connectivity index (χ4v) is 4.11. The van der Waals surface area contributed by atoms with Gasteiger partial charge in [-0.05, 0) is 49.3 Å². The molecule has 2 fully saturated rings. The first-order valence-electron chi connectivity index (χ1n) is 9.27. The molecule has 0 spiro atoms. The van der Waals surface area contributed by atoms with E-state index in [1.165, 1.54) is 19.3 Å². The Hall–Kier alpha value is -1.64. The molecule has 0 aromatic heterocycles. The molecular formula is C18H28N4O3S. The van der Waals surface area contributed by atoms with Crippen molar-refractivity contribution >= 4 is 16.0 Å². The predicted molar refractivity (Wildman–Crippen MR) is 101 cm³/mol. The molecule has 1 aliphatic heterocycles. The highest BCUT2D eigenvalue weighted by Crippen LogP contribution is 2.25. The number of hydrogen-bond donors (Lipinski definition) is 3. The first-order valence-corrected chi connectivity index (χ1v) is 10.8. The van der Waals surface area contributed by atoms with Gasteiger partial charge < -0.3 is 15.8 Å². The minimum absolute atomic E-state index is 0.0196. The first kappa shape index (κ1) is 19.1. The van der Waals surface area contributed by atoms with Crippen molar-refractivity contribution in [1.29, 1.82) is 0 Å². The van der Waals surface area contributed by atoms with Crippen LogP contribution in [0.25, 0.3) is 0 Å². The summed E-state index contributed by atoms with van der Waals surface area (Å²) in [5.41, 5.74) is 6.78. The van der Waals surface area contributed by atoms with Crippen molar-refractivity contribution in [1.82, 2.24) is 10.0 Å². The summed E-state index contributed by atoms with van der Waals surface area (Å²) in [4.78, 5) is 4.56. The van der Waals surface area contributed by atoms with Crippen molar-refractivity contribution < 1.29 is 13.2 Å². The quantitative estimate of drug-likeness (QED) is 0.466. The molecule has 7 nitrogen and oxygen atoms in total. The summed E-state index contributed by atoms with van der Waals surface area (Å²) in [6.07, 6.45) is 5.69. The summed E-state index contributed by atoms with van der Waals surface area (Å²) in [7, 11) is -3.51. The van der Waals surface area contributed by atoms with Gasteiger partial charge in [0.1, 0.15) is 0 Å². The molecule has 144 valence electrons. The lowest BCUT2D eigenvalue weighted by Crippen LogP contribution is -2.37. The van der Waals surface area contributed by atoms with Crippen LogP contribution in [0.3, 0.4) is 0 Å². The van der Waals surface area contributed by atoms with Crippen molar-refractivity contribution in [2.75, 3.05) is 19.7 Å². The van der Waals surface area contributed by atoms with E-state index in [4.69, 9.17) is 10.5 Å². The van der Waals surface area contributed by atoms with Crippen LogP contribution in [0.4, 0.5) is 0 Å². The Kier molecular flexibility index (Phi) is 6.50. The largest absolute Gasteiger partial charge is 0.377 e. The van der Waals surface area contributed by atoms with Crippen LogP contribution in [0.1, 0.15) is 37.7 Å². The predicted octanol–water partition coefficient (Wildman–Crippen LogP) is 1.35. The van der Waals surface area contributed by atoms with Crippen LogP contribution in [-0.4, -0.2) is 40.2 Å². The normalized spacial score (nSPS) is 21.5. The molecule has 2 aliphatic rings. The van der Waals surface area contributed by atoms with Gasteiger partial charge in [0.05, 0.1) is 17.5 Å². The van der Waals surface area contributed by atoms with Crippen LogP contribution in [0, 0.1) is 5.92 Å². The van der Waals surface area contributed by atoms with E-state index in [1.807, 2.05) is 0 Å². The van der Waals surface area contributed by atoms with Gasteiger partial charge in [-0.1, -0.05) is 18.6 Å². The Bertz CT molecular complexity index is 708. The molecule has 8 heteroatoms. The second-order valence-corrected chi connectivity index (χ2v) is 8.78. The minimum Gasteiger partial charge on any atom is -0.377 e. The van der Waals surface area contributed by atoms with Crippen LogP contribution in [0.2, 0.25) is 0 Å². The summed E-state index contributed by atoms with van der Waals surface area (Å²) < 4.78 is 32.7. The van der Waals surface area contributed by atoms with Crippen LogP contribution in [-0.2, 0) is 21.3 Å². The van der Waals surface area contributed by atoms with Crippen LogP contribution in [0.15, 0.2) is 34.2 Å². The molecule has 1 saturated heterocycles. The molecule has 1 atom stereocenters. The molecular weight excluding hydrogens is 352 g/mol. The lowest BCUT2D eigenvalue weighted by molar-refractivity contribution is 0.114. The average molecular weight is 381 g/mol. The molecule has 26 heavy (non-hydrogen) atoms. The van der Waals surface area contributed by atoms with Crippen molar-refractivity contribution in [2.24, 2.45) is 16.6 Å². The Morgan fingerprint density at radius 1 is 1.15 bits per heavy atom. The number of hydrogen-bond acceptors (Lipinski definition) is 4. The summed E-state index contributed by atoms with van der Waals surface area (Å²) in [6, 6.07) is 6.73. The number of guanidine groups is 1. The topological polar surface area (TPSA) is 106 Å². The number of nitrogens with one attached hydrogen (secondary N) is 2. The summed E-state index contributed by atoms with van der Waals surface area (Å²) in [6.45, 7) is 2.33. The number of nitrogens with zero attached hydrogens (tertiary/aromatic N) is 1. The van der Waals surface area contributed by atoms with E-state index in [1.54, 1.807) is 24.3 Å². The molecule has 1 unspecified atom stereocenters. The smallest absolute Gasteiger partial charge is 0.240 e. The summed E-state index contributed by atoms with van der Waals surface area (Å²) in [5.74, 6) is 1.15. The molecule has 1 aliphatic carbocycles. The SMILES string of the molecule is NC(=NCc1ccc(S(=O)(=O)NCC2CCCO2)cc1)NCC1CCC1. The molecule has 1 heterocycles. The number of sulfonamides is 1. The average Bonchev–Trinajstić information content (AvgIpc) is 3.11. The maximum atomic E-state index is 12.3. The van der Waals surface area contributed by atoms with Crippen LogP contribution in [0.5, 0.6) is 0 Å². The van der Waals surface area contributed by atoms with Crippen molar-refractivity contribution in [2.45, 2.75) is 49.6 Å². The van der Waals surface area contributed by atoms with E-state index < -0.39 is 10.0 Å². The van der Waals surface area contributed by atoms with E-state index in [2.05, 4.69) is 15.0 Å². The number of rotatable bonds is 8. The zero-order valence-electron chi connectivity index (χ0n) is 15.0. The number of aliphatic imine (C=N–C) groups is 1. The Labute approximate surface area is 155 Å². The number of benzene rings is 1. The third-order valence-electron chi connectivity index (χ3n) is 4.99. The highest BCUT2D eigenvalue weighted by Gasteiger charge is 2.20. The molecule has 0 bridgehead atoms. The van der Waals surface area contributed by atoms with Gasteiger partial charge in [-0.15, -0.1) is 0 Å². The number of ether oxygens (including phenoxy) is 1. The van der Waals surface area contributed by atoms with Gasteiger partial charge >= 0.3 is 0 Å². The van der Waals surface area contributed by atoms with Gasteiger partial charge in [0, 0.05) is 19.7 Å². The first-order chi connectivity index (χ1) is 12.5. The Balaban J connectivity index is 1.48.